The maximum Gasteiger partial charge on any atom is 0.150 e. The lowest BCUT2D eigenvalue weighted by Gasteiger charge is -2.15. The molecule has 0 amide bonds. The lowest BCUT2D eigenvalue weighted by atomic mass is 9.91. The number of aliphatic hydroxyl groups is 1. The predicted octanol–water partition coefficient (Wildman–Crippen LogP) is 3.52. The zero-order chi connectivity index (χ0) is 12.1. The van der Waals surface area contributed by atoms with Crippen molar-refractivity contribution in [1.82, 2.24) is 0 Å². The molecule has 1 aromatic carbocycles. The zero-order valence-electron chi connectivity index (χ0n) is 9.11. The van der Waals surface area contributed by atoms with Gasteiger partial charge in [0.2, 0.25) is 0 Å². The highest BCUT2D eigenvalue weighted by atomic mass is 32.1. The van der Waals surface area contributed by atoms with Crippen LogP contribution < -0.4 is 0 Å². The molecule has 2 nitrogen and oxygen atoms in total. The van der Waals surface area contributed by atoms with Crippen molar-refractivity contribution < 1.29 is 9.90 Å². The topological polar surface area (TPSA) is 37.3 Å². The summed E-state index contributed by atoms with van der Waals surface area (Å²) in [4.78, 5) is 12.1. The number of carbonyl (C=O) groups is 1. The van der Waals surface area contributed by atoms with Crippen molar-refractivity contribution in [2.75, 3.05) is 0 Å². The van der Waals surface area contributed by atoms with E-state index in [1.807, 2.05) is 47.8 Å². The molecule has 17 heavy (non-hydrogen) atoms. The van der Waals surface area contributed by atoms with E-state index >= 15 is 0 Å². The minimum absolute atomic E-state index is 0.182. The largest absolute Gasteiger partial charge is 0.515 e. The minimum atomic E-state index is -0.182. The average molecular weight is 244 g/mol. The molecule has 0 spiro atoms. The fourth-order valence-electron chi connectivity index (χ4n) is 1.80. The molecule has 1 heterocycles. The number of rotatable bonds is 4. The van der Waals surface area contributed by atoms with E-state index < -0.39 is 0 Å². The van der Waals surface area contributed by atoms with Gasteiger partial charge in [0, 0.05) is 16.4 Å². The molecule has 0 fully saturated rings. The molecule has 0 radical (unpaired) electrons. The monoisotopic (exact) mass is 244 g/mol. The molecule has 1 unspecified atom stereocenters. The van der Waals surface area contributed by atoms with Crippen molar-refractivity contribution in [2.45, 2.75) is 5.92 Å². The summed E-state index contributed by atoms with van der Waals surface area (Å²) in [6, 6.07) is 13.6. The second-order valence-electron chi connectivity index (χ2n) is 3.61. The van der Waals surface area contributed by atoms with Crippen LogP contribution in [0.25, 0.3) is 0 Å². The van der Waals surface area contributed by atoms with Crippen LogP contribution in [0.4, 0.5) is 0 Å². The number of aliphatic hydroxyl groups excluding tert-OH is 1. The van der Waals surface area contributed by atoms with E-state index in [0.717, 1.165) is 16.7 Å². The Morgan fingerprint density at radius 2 is 1.94 bits per heavy atom. The Morgan fingerprint density at radius 1 is 1.18 bits per heavy atom. The first-order valence-corrected chi connectivity index (χ1v) is 6.12. The number of hydrogen-bond donors (Lipinski definition) is 1. The van der Waals surface area contributed by atoms with Crippen molar-refractivity contribution in [2.24, 2.45) is 0 Å². The summed E-state index contributed by atoms with van der Waals surface area (Å²) in [7, 11) is 0. The first-order chi connectivity index (χ1) is 8.36. The van der Waals surface area contributed by atoms with E-state index in [9.17, 15) is 4.79 Å². The molecule has 0 saturated carbocycles. The number of thiophene rings is 1. The lowest BCUT2D eigenvalue weighted by Crippen LogP contribution is -2.04. The first-order valence-electron chi connectivity index (χ1n) is 5.24. The van der Waals surface area contributed by atoms with Crippen LogP contribution >= 0.6 is 11.3 Å². The molecule has 2 rings (SSSR count). The third kappa shape index (κ3) is 2.45. The molecule has 1 aromatic heterocycles. The van der Waals surface area contributed by atoms with Crippen LogP contribution in [-0.2, 0) is 4.79 Å². The zero-order valence-corrected chi connectivity index (χ0v) is 9.93. The maximum atomic E-state index is 11.0. The summed E-state index contributed by atoms with van der Waals surface area (Å²) in [5.74, 6) is -0.182. The van der Waals surface area contributed by atoms with Crippen molar-refractivity contribution in [3.05, 3.63) is 70.1 Å². The summed E-state index contributed by atoms with van der Waals surface area (Å²) >= 11 is 1.57. The average Bonchev–Trinajstić information content (AvgIpc) is 2.90. The van der Waals surface area contributed by atoms with Gasteiger partial charge in [0.1, 0.15) is 6.29 Å². The highest BCUT2D eigenvalue weighted by molar-refractivity contribution is 7.10. The van der Waals surface area contributed by atoms with Gasteiger partial charge in [0.15, 0.2) is 0 Å². The van der Waals surface area contributed by atoms with Crippen LogP contribution in [0.2, 0.25) is 0 Å². The van der Waals surface area contributed by atoms with E-state index in [-0.39, 0.29) is 5.92 Å². The van der Waals surface area contributed by atoms with E-state index in [2.05, 4.69) is 0 Å². The molecule has 86 valence electrons. The Bertz CT molecular complexity index is 500. The van der Waals surface area contributed by atoms with Crippen molar-refractivity contribution in [3.8, 4) is 0 Å². The standard InChI is InChI=1S/C14H12O2S/c15-9-12(10-16)14(13-7-4-8-17-13)11-5-2-1-3-6-11/h1-10,14-15H. The summed E-state index contributed by atoms with van der Waals surface area (Å²) in [6.45, 7) is 0. The first kappa shape index (κ1) is 11.6. The highest BCUT2D eigenvalue weighted by Gasteiger charge is 2.19. The molecule has 0 bridgehead atoms. The Labute approximate surface area is 104 Å². The summed E-state index contributed by atoms with van der Waals surface area (Å²) in [6.07, 6.45) is 1.60. The molecule has 3 heteroatoms. The smallest absolute Gasteiger partial charge is 0.150 e. The maximum absolute atomic E-state index is 11.0. The van der Waals surface area contributed by atoms with Gasteiger partial charge in [0.05, 0.1) is 6.26 Å². The van der Waals surface area contributed by atoms with Gasteiger partial charge in [-0.25, -0.2) is 0 Å². The Balaban J connectivity index is 2.49. The lowest BCUT2D eigenvalue weighted by molar-refractivity contribution is -0.105. The molecule has 1 N–H and O–H groups in total. The second kappa shape index (κ2) is 5.46. The van der Waals surface area contributed by atoms with Crippen LogP contribution in [0.15, 0.2) is 59.7 Å². The van der Waals surface area contributed by atoms with Gasteiger partial charge in [-0.2, -0.15) is 0 Å². The molecule has 1 atom stereocenters. The Morgan fingerprint density at radius 3 is 2.47 bits per heavy atom. The Hall–Kier alpha value is -1.87. The fourth-order valence-corrected chi connectivity index (χ4v) is 2.67. The third-order valence-electron chi connectivity index (χ3n) is 2.58. The van der Waals surface area contributed by atoms with Crippen LogP contribution in [0, 0.1) is 0 Å². The van der Waals surface area contributed by atoms with Gasteiger partial charge < -0.3 is 5.11 Å². The molecule has 0 aliphatic carbocycles. The van der Waals surface area contributed by atoms with Gasteiger partial charge >= 0.3 is 0 Å². The summed E-state index contributed by atoms with van der Waals surface area (Å²) in [5.41, 5.74) is 1.38. The van der Waals surface area contributed by atoms with Crippen molar-refractivity contribution >= 4 is 17.6 Å². The SMILES string of the molecule is O=CC(=CO)C(c1ccccc1)c1cccs1. The highest BCUT2D eigenvalue weighted by Crippen LogP contribution is 2.33. The van der Waals surface area contributed by atoms with Gasteiger partial charge in [-0.05, 0) is 17.0 Å². The van der Waals surface area contributed by atoms with E-state index in [4.69, 9.17) is 5.11 Å². The summed E-state index contributed by atoms with van der Waals surface area (Å²) in [5, 5.41) is 11.1. The van der Waals surface area contributed by atoms with Gasteiger partial charge in [-0.1, -0.05) is 36.4 Å². The van der Waals surface area contributed by atoms with E-state index in [1.54, 1.807) is 11.3 Å². The third-order valence-corrected chi connectivity index (χ3v) is 3.52. The minimum Gasteiger partial charge on any atom is -0.515 e. The van der Waals surface area contributed by atoms with Gasteiger partial charge in [-0.15, -0.1) is 11.3 Å². The van der Waals surface area contributed by atoms with Crippen molar-refractivity contribution in [1.29, 1.82) is 0 Å². The van der Waals surface area contributed by atoms with Crippen LogP contribution in [0.1, 0.15) is 16.4 Å². The number of hydrogen-bond acceptors (Lipinski definition) is 3. The van der Waals surface area contributed by atoms with E-state index in [1.165, 1.54) is 0 Å². The predicted molar refractivity (Wildman–Crippen MR) is 69.4 cm³/mol. The molecule has 0 saturated heterocycles. The Kier molecular flexibility index (Phi) is 3.73. The van der Waals surface area contributed by atoms with E-state index in [0.29, 0.717) is 11.9 Å². The number of aldehydes is 1. The molecule has 0 aliphatic rings. The molecule has 2 aromatic rings. The number of benzene rings is 1. The number of carbonyl (C=O) groups excluding carboxylic acids is 1. The van der Waals surface area contributed by atoms with Crippen LogP contribution in [0.3, 0.4) is 0 Å². The fraction of sp³-hybridized carbons (Fsp3) is 0.0714. The normalized spacial score (nSPS) is 13.3. The second-order valence-corrected chi connectivity index (χ2v) is 4.59. The molecular formula is C14H12O2S. The van der Waals surface area contributed by atoms with Gasteiger partial charge in [0.25, 0.3) is 0 Å². The number of allylic oxidation sites excluding steroid dienone is 1. The van der Waals surface area contributed by atoms with Crippen LogP contribution in [-0.4, -0.2) is 11.4 Å². The molecule has 0 aliphatic heterocycles. The quantitative estimate of drug-likeness (QED) is 0.507. The van der Waals surface area contributed by atoms with Gasteiger partial charge in [-0.3, -0.25) is 4.79 Å². The summed E-state index contributed by atoms with van der Waals surface area (Å²) < 4.78 is 0. The van der Waals surface area contributed by atoms with Crippen molar-refractivity contribution in [3.63, 3.8) is 0 Å². The molecular weight excluding hydrogens is 232 g/mol. The van der Waals surface area contributed by atoms with Crippen LogP contribution in [0.5, 0.6) is 0 Å².